The van der Waals surface area contributed by atoms with Crippen LogP contribution in [0.25, 0.3) is 0 Å². The Kier molecular flexibility index (Phi) is 5.37. The van der Waals surface area contributed by atoms with Crippen molar-refractivity contribution in [2.45, 2.75) is 56.6 Å². The van der Waals surface area contributed by atoms with Gasteiger partial charge in [0.25, 0.3) is 0 Å². The molecule has 21 heavy (non-hydrogen) atoms. The highest BCUT2D eigenvalue weighted by Gasteiger charge is 2.07. The summed E-state index contributed by atoms with van der Waals surface area (Å²) in [4.78, 5) is 10.2. The summed E-state index contributed by atoms with van der Waals surface area (Å²) in [5.41, 5.74) is 10.5. The molecule has 0 amide bonds. The fraction of sp³-hybridized carbons (Fsp3) is 0.412. The van der Waals surface area contributed by atoms with Gasteiger partial charge in [-0.25, -0.2) is 9.97 Å². The molecule has 0 aliphatic heterocycles. The van der Waals surface area contributed by atoms with Crippen molar-refractivity contribution >= 4 is 11.8 Å². The van der Waals surface area contributed by atoms with Gasteiger partial charge in [-0.1, -0.05) is 19.1 Å². The van der Waals surface area contributed by atoms with Crippen LogP contribution in [0, 0.1) is 20.8 Å². The van der Waals surface area contributed by atoms with Crippen molar-refractivity contribution in [3.8, 4) is 0 Å². The number of benzene rings is 1. The van der Waals surface area contributed by atoms with Crippen LogP contribution in [0.2, 0.25) is 0 Å². The first-order valence-electron chi connectivity index (χ1n) is 7.33. The summed E-state index contributed by atoms with van der Waals surface area (Å²) in [5, 5.41) is 0.814. The summed E-state index contributed by atoms with van der Waals surface area (Å²) >= 11 is 1.60. The zero-order chi connectivity index (χ0) is 15.4. The molecule has 0 aliphatic carbocycles. The summed E-state index contributed by atoms with van der Waals surface area (Å²) < 4.78 is 0. The van der Waals surface area contributed by atoms with Gasteiger partial charge in [0.15, 0.2) is 5.16 Å². The number of hydrogen-bond donors (Lipinski definition) is 1. The third-order valence-electron chi connectivity index (χ3n) is 3.77. The normalized spacial score (nSPS) is 12.4. The van der Waals surface area contributed by atoms with Crippen LogP contribution < -0.4 is 5.73 Å². The minimum Gasteiger partial charge on any atom is -0.327 e. The van der Waals surface area contributed by atoms with Gasteiger partial charge in [-0.3, -0.25) is 0 Å². The SMILES string of the molecule is CCC(N)Cc1ccc(Sc2nc(C)c(C)c(C)n2)cc1. The molecular weight excluding hydrogens is 278 g/mol. The van der Waals surface area contributed by atoms with Gasteiger partial charge in [-0.15, -0.1) is 0 Å². The molecule has 112 valence electrons. The first-order chi connectivity index (χ1) is 9.99. The van der Waals surface area contributed by atoms with Crippen LogP contribution in [0.15, 0.2) is 34.3 Å². The summed E-state index contributed by atoms with van der Waals surface area (Å²) in [6.45, 7) is 8.24. The second-order valence-corrected chi connectivity index (χ2v) is 6.46. The maximum atomic E-state index is 5.99. The van der Waals surface area contributed by atoms with E-state index in [0.29, 0.717) is 0 Å². The Labute approximate surface area is 131 Å². The molecule has 0 spiro atoms. The molecule has 0 aliphatic rings. The highest BCUT2D eigenvalue weighted by Crippen LogP contribution is 2.26. The van der Waals surface area contributed by atoms with E-state index in [-0.39, 0.29) is 6.04 Å². The van der Waals surface area contributed by atoms with Crippen LogP contribution in [0.1, 0.15) is 35.9 Å². The van der Waals surface area contributed by atoms with Crippen LogP contribution in [0.5, 0.6) is 0 Å². The number of nitrogens with zero attached hydrogens (tertiary/aromatic N) is 2. The predicted molar refractivity (Wildman–Crippen MR) is 88.8 cm³/mol. The maximum Gasteiger partial charge on any atom is 0.192 e. The molecule has 3 nitrogen and oxygen atoms in total. The smallest absolute Gasteiger partial charge is 0.192 e. The van der Waals surface area contributed by atoms with Crippen molar-refractivity contribution in [1.29, 1.82) is 0 Å². The van der Waals surface area contributed by atoms with Crippen molar-refractivity contribution in [2.24, 2.45) is 5.73 Å². The van der Waals surface area contributed by atoms with E-state index < -0.39 is 0 Å². The molecule has 4 heteroatoms. The Bertz CT molecular complexity index is 585. The molecule has 2 N–H and O–H groups in total. The molecule has 0 saturated heterocycles. The third-order valence-corrected chi connectivity index (χ3v) is 4.64. The summed E-state index contributed by atoms with van der Waals surface area (Å²) in [7, 11) is 0. The molecule has 0 bridgehead atoms. The lowest BCUT2D eigenvalue weighted by molar-refractivity contribution is 0.646. The quantitative estimate of drug-likeness (QED) is 0.853. The second-order valence-electron chi connectivity index (χ2n) is 5.42. The Morgan fingerprint density at radius 1 is 1.05 bits per heavy atom. The average Bonchev–Trinajstić information content (AvgIpc) is 2.46. The molecule has 1 heterocycles. The van der Waals surface area contributed by atoms with E-state index in [1.54, 1.807) is 11.8 Å². The topological polar surface area (TPSA) is 51.8 Å². The number of aromatic nitrogens is 2. The van der Waals surface area contributed by atoms with Gasteiger partial charge in [0.05, 0.1) is 0 Å². The molecular formula is C17H23N3S. The first-order valence-corrected chi connectivity index (χ1v) is 8.15. The van der Waals surface area contributed by atoms with Gasteiger partial charge in [-0.05, 0) is 68.6 Å². The van der Waals surface area contributed by atoms with Crippen LogP contribution in [0.4, 0.5) is 0 Å². The zero-order valence-electron chi connectivity index (χ0n) is 13.2. The minimum atomic E-state index is 0.245. The van der Waals surface area contributed by atoms with Crippen LogP contribution in [-0.4, -0.2) is 16.0 Å². The molecule has 0 radical (unpaired) electrons. The lowest BCUT2D eigenvalue weighted by atomic mass is 10.1. The van der Waals surface area contributed by atoms with Crippen molar-refractivity contribution < 1.29 is 0 Å². The Morgan fingerprint density at radius 2 is 1.62 bits per heavy atom. The summed E-state index contributed by atoms with van der Waals surface area (Å²) in [6, 6.07) is 8.78. The van der Waals surface area contributed by atoms with Gasteiger partial charge in [0.1, 0.15) is 0 Å². The molecule has 2 aromatic rings. The molecule has 0 fully saturated rings. The third kappa shape index (κ3) is 4.29. The van der Waals surface area contributed by atoms with Gasteiger partial charge in [0.2, 0.25) is 0 Å². The van der Waals surface area contributed by atoms with Gasteiger partial charge in [0, 0.05) is 22.3 Å². The van der Waals surface area contributed by atoms with Gasteiger partial charge < -0.3 is 5.73 Å². The van der Waals surface area contributed by atoms with E-state index in [1.807, 2.05) is 13.8 Å². The van der Waals surface area contributed by atoms with Crippen LogP contribution in [0.3, 0.4) is 0 Å². The highest BCUT2D eigenvalue weighted by molar-refractivity contribution is 7.99. The van der Waals surface area contributed by atoms with Crippen LogP contribution >= 0.6 is 11.8 Å². The zero-order valence-corrected chi connectivity index (χ0v) is 14.0. The van der Waals surface area contributed by atoms with Crippen molar-refractivity contribution in [3.05, 3.63) is 46.8 Å². The number of rotatable bonds is 5. The van der Waals surface area contributed by atoms with Crippen molar-refractivity contribution in [3.63, 3.8) is 0 Å². The maximum absolute atomic E-state index is 5.99. The van der Waals surface area contributed by atoms with Gasteiger partial charge in [-0.2, -0.15) is 0 Å². The lowest BCUT2D eigenvalue weighted by Crippen LogP contribution is -2.21. The first kappa shape index (κ1) is 16.0. The summed E-state index contributed by atoms with van der Waals surface area (Å²) in [5.74, 6) is 0. The van der Waals surface area contributed by atoms with E-state index in [4.69, 9.17) is 5.73 Å². The number of hydrogen-bond acceptors (Lipinski definition) is 4. The van der Waals surface area contributed by atoms with E-state index in [1.165, 1.54) is 11.1 Å². The van der Waals surface area contributed by atoms with Crippen LogP contribution in [-0.2, 0) is 6.42 Å². The molecule has 1 aromatic carbocycles. The number of nitrogens with two attached hydrogens (primary N) is 1. The molecule has 2 rings (SSSR count). The fourth-order valence-corrected chi connectivity index (χ4v) is 2.88. The van der Waals surface area contributed by atoms with Gasteiger partial charge >= 0.3 is 0 Å². The predicted octanol–water partition coefficient (Wildman–Crippen LogP) is 3.83. The highest BCUT2D eigenvalue weighted by atomic mass is 32.2. The standard InChI is InChI=1S/C17H23N3S/c1-5-15(18)10-14-6-8-16(9-7-14)21-17-19-12(3)11(2)13(4)20-17/h6-9,15H,5,10,18H2,1-4H3. The molecule has 0 saturated carbocycles. The Hall–Kier alpha value is -1.39. The fourth-order valence-electron chi connectivity index (χ4n) is 2.03. The largest absolute Gasteiger partial charge is 0.327 e. The molecule has 1 aromatic heterocycles. The summed E-state index contributed by atoms with van der Waals surface area (Å²) in [6.07, 6.45) is 1.94. The van der Waals surface area contributed by atoms with E-state index in [9.17, 15) is 0 Å². The second kappa shape index (κ2) is 7.05. The Morgan fingerprint density at radius 3 is 2.14 bits per heavy atom. The van der Waals surface area contributed by atoms with E-state index in [2.05, 4.69) is 48.1 Å². The Balaban J connectivity index is 2.10. The van der Waals surface area contributed by atoms with Crippen molar-refractivity contribution in [1.82, 2.24) is 9.97 Å². The molecule has 1 atom stereocenters. The van der Waals surface area contributed by atoms with E-state index in [0.717, 1.165) is 34.3 Å². The average molecular weight is 301 g/mol. The lowest BCUT2D eigenvalue weighted by Gasteiger charge is -2.09. The minimum absolute atomic E-state index is 0.245. The van der Waals surface area contributed by atoms with Crippen molar-refractivity contribution in [2.75, 3.05) is 0 Å². The molecule has 1 unspecified atom stereocenters. The van der Waals surface area contributed by atoms with E-state index >= 15 is 0 Å². The monoisotopic (exact) mass is 301 g/mol. The number of aryl methyl sites for hydroxylation is 2.